The maximum Gasteiger partial charge on any atom is 0.264 e. The van der Waals surface area contributed by atoms with Crippen LogP contribution < -0.4 is 5.32 Å². The van der Waals surface area contributed by atoms with E-state index in [9.17, 15) is 18.0 Å². The normalized spacial score (nSPS) is 19.2. The number of piperidine rings is 1. The number of likely N-dealkylation sites (tertiary alicyclic amines) is 1. The molecule has 5 rings (SSSR count). The summed E-state index contributed by atoms with van der Waals surface area (Å²) in [5.41, 5.74) is 3.30. The van der Waals surface area contributed by atoms with Crippen LogP contribution in [0.25, 0.3) is 10.9 Å². The standard InChI is InChI=1S/C26H28N4O4S/c1-18-6-8-20(9-7-18)35(33,34)30-15-12-27-26(32)24(30)16-25(31)29-13-10-19(11-14-29)22-17-28-23-5-3-2-4-21(22)23/h2-9,12,15,17,19,24,28H,10-11,13-14,16H2,1H3,(H,27,32)/t24-/m1/s1. The molecule has 0 aliphatic carbocycles. The number of carbonyl (C=O) groups is 2. The van der Waals surface area contributed by atoms with Gasteiger partial charge in [-0.3, -0.25) is 13.9 Å². The fraction of sp³-hybridized carbons (Fsp3) is 0.308. The summed E-state index contributed by atoms with van der Waals surface area (Å²) in [5, 5.41) is 3.75. The SMILES string of the molecule is Cc1ccc(S(=O)(=O)N2C=CNC(=O)[C@H]2CC(=O)N2CCC(c3c[nH]c4ccccc34)CC2)cc1. The number of sulfonamides is 1. The van der Waals surface area contributed by atoms with Crippen molar-refractivity contribution in [1.29, 1.82) is 0 Å². The Hall–Kier alpha value is -3.59. The molecule has 182 valence electrons. The average molecular weight is 493 g/mol. The van der Waals surface area contributed by atoms with Crippen molar-refractivity contribution in [2.45, 2.75) is 43.0 Å². The van der Waals surface area contributed by atoms with Gasteiger partial charge in [0.15, 0.2) is 0 Å². The maximum atomic E-state index is 13.3. The number of nitrogens with one attached hydrogen (secondary N) is 2. The number of fused-ring (bicyclic) bond motifs is 1. The summed E-state index contributed by atoms with van der Waals surface area (Å²) >= 11 is 0. The molecule has 2 N–H and O–H groups in total. The monoisotopic (exact) mass is 492 g/mol. The molecule has 3 aromatic rings. The van der Waals surface area contributed by atoms with Crippen molar-refractivity contribution >= 4 is 32.7 Å². The van der Waals surface area contributed by atoms with Gasteiger partial charge in [-0.2, -0.15) is 0 Å². The van der Waals surface area contributed by atoms with Crippen molar-refractivity contribution in [1.82, 2.24) is 19.5 Å². The van der Waals surface area contributed by atoms with Gasteiger partial charge in [0, 0.05) is 42.6 Å². The molecule has 1 aromatic heterocycles. The second-order valence-corrected chi connectivity index (χ2v) is 11.0. The number of carbonyl (C=O) groups excluding carboxylic acids is 2. The van der Waals surface area contributed by atoms with Crippen molar-refractivity contribution in [2.24, 2.45) is 0 Å². The van der Waals surface area contributed by atoms with Crippen LogP contribution in [0.1, 0.15) is 36.3 Å². The topological polar surface area (TPSA) is 103 Å². The van der Waals surface area contributed by atoms with Gasteiger partial charge in [-0.25, -0.2) is 8.42 Å². The fourth-order valence-corrected chi connectivity index (χ4v) is 6.39. The van der Waals surface area contributed by atoms with Gasteiger partial charge in [-0.1, -0.05) is 35.9 Å². The number of aromatic amines is 1. The molecule has 0 spiro atoms. The highest BCUT2D eigenvalue weighted by atomic mass is 32.2. The third-order valence-corrected chi connectivity index (χ3v) is 8.73. The summed E-state index contributed by atoms with van der Waals surface area (Å²) in [6, 6.07) is 13.5. The van der Waals surface area contributed by atoms with Gasteiger partial charge in [0.25, 0.3) is 10.0 Å². The first-order chi connectivity index (χ1) is 16.8. The number of aryl methyl sites for hydroxylation is 1. The van der Waals surface area contributed by atoms with Crippen molar-refractivity contribution in [3.05, 3.63) is 78.3 Å². The Labute approximate surface area is 204 Å². The molecule has 0 saturated carbocycles. The van der Waals surface area contributed by atoms with Crippen molar-refractivity contribution in [3.63, 3.8) is 0 Å². The van der Waals surface area contributed by atoms with Crippen LogP contribution in [0.3, 0.4) is 0 Å². The number of para-hydroxylation sites is 1. The van der Waals surface area contributed by atoms with E-state index in [0.29, 0.717) is 19.0 Å². The van der Waals surface area contributed by atoms with E-state index in [0.717, 1.165) is 28.2 Å². The first kappa shape index (κ1) is 23.2. The molecular formula is C26H28N4O4S. The number of amides is 2. The summed E-state index contributed by atoms with van der Waals surface area (Å²) in [5.74, 6) is -0.387. The Morgan fingerprint density at radius 1 is 1.06 bits per heavy atom. The molecule has 1 fully saturated rings. The zero-order valence-corrected chi connectivity index (χ0v) is 20.3. The minimum atomic E-state index is -3.98. The first-order valence-corrected chi connectivity index (χ1v) is 13.2. The predicted octanol–water partition coefficient (Wildman–Crippen LogP) is 3.23. The molecule has 3 heterocycles. The number of H-pyrrole nitrogens is 1. The number of hydrogen-bond acceptors (Lipinski definition) is 4. The van der Waals surface area contributed by atoms with Crippen LogP contribution >= 0.6 is 0 Å². The number of nitrogens with zero attached hydrogens (tertiary/aromatic N) is 2. The van der Waals surface area contributed by atoms with E-state index in [1.165, 1.54) is 35.5 Å². The Morgan fingerprint density at radius 3 is 2.51 bits per heavy atom. The molecule has 0 radical (unpaired) electrons. The summed E-state index contributed by atoms with van der Waals surface area (Å²) in [6.07, 6.45) is 6.09. The van der Waals surface area contributed by atoms with Gasteiger partial charge < -0.3 is 15.2 Å². The lowest BCUT2D eigenvalue weighted by atomic mass is 9.89. The fourth-order valence-electron chi connectivity index (χ4n) is 4.94. The van der Waals surface area contributed by atoms with Gasteiger partial charge in [-0.15, -0.1) is 0 Å². The highest BCUT2D eigenvalue weighted by Gasteiger charge is 2.38. The lowest BCUT2D eigenvalue weighted by molar-refractivity contribution is -0.136. The smallest absolute Gasteiger partial charge is 0.264 e. The van der Waals surface area contributed by atoms with Gasteiger partial charge in [0.1, 0.15) is 6.04 Å². The number of rotatable bonds is 5. The lowest BCUT2D eigenvalue weighted by Crippen LogP contribution is -2.51. The third kappa shape index (κ3) is 4.43. The molecule has 2 aliphatic heterocycles. The Bertz CT molecular complexity index is 1390. The lowest BCUT2D eigenvalue weighted by Gasteiger charge is -2.35. The van der Waals surface area contributed by atoms with Crippen LogP contribution in [0, 0.1) is 6.92 Å². The van der Waals surface area contributed by atoms with Crippen LogP contribution in [0.5, 0.6) is 0 Å². The molecule has 1 saturated heterocycles. The van der Waals surface area contributed by atoms with E-state index < -0.39 is 22.0 Å². The van der Waals surface area contributed by atoms with Gasteiger partial charge in [0.2, 0.25) is 11.8 Å². The van der Waals surface area contributed by atoms with Gasteiger partial charge in [0.05, 0.1) is 11.3 Å². The minimum absolute atomic E-state index is 0.0828. The van der Waals surface area contributed by atoms with Crippen LogP contribution in [0.2, 0.25) is 0 Å². The molecule has 2 aromatic carbocycles. The van der Waals surface area contributed by atoms with Gasteiger partial charge in [-0.05, 0) is 49.4 Å². The van der Waals surface area contributed by atoms with Crippen molar-refractivity contribution in [3.8, 4) is 0 Å². The van der Waals surface area contributed by atoms with Crippen LogP contribution in [0.4, 0.5) is 0 Å². The molecule has 0 bridgehead atoms. The Morgan fingerprint density at radius 2 is 1.77 bits per heavy atom. The zero-order chi connectivity index (χ0) is 24.6. The molecule has 2 amide bonds. The highest BCUT2D eigenvalue weighted by Crippen LogP contribution is 2.33. The van der Waals surface area contributed by atoms with Crippen molar-refractivity contribution < 1.29 is 18.0 Å². The maximum absolute atomic E-state index is 13.3. The largest absolute Gasteiger partial charge is 0.361 e. The number of benzene rings is 2. The molecule has 9 heteroatoms. The second kappa shape index (κ2) is 9.22. The quantitative estimate of drug-likeness (QED) is 0.571. The summed E-state index contributed by atoms with van der Waals surface area (Å²) in [4.78, 5) is 31.0. The summed E-state index contributed by atoms with van der Waals surface area (Å²) in [7, 11) is -3.98. The van der Waals surface area contributed by atoms with E-state index in [1.807, 2.05) is 19.1 Å². The van der Waals surface area contributed by atoms with E-state index in [1.54, 1.807) is 17.0 Å². The van der Waals surface area contributed by atoms with Crippen molar-refractivity contribution in [2.75, 3.05) is 13.1 Å². The number of aromatic nitrogens is 1. The second-order valence-electron chi connectivity index (χ2n) is 9.14. The highest BCUT2D eigenvalue weighted by molar-refractivity contribution is 7.89. The predicted molar refractivity (Wildman–Crippen MR) is 133 cm³/mol. The Kier molecular flexibility index (Phi) is 6.10. The molecule has 0 unspecified atom stereocenters. The molecular weight excluding hydrogens is 464 g/mol. The molecule has 8 nitrogen and oxygen atoms in total. The summed E-state index contributed by atoms with van der Waals surface area (Å²) in [6.45, 7) is 3.00. The summed E-state index contributed by atoms with van der Waals surface area (Å²) < 4.78 is 27.5. The minimum Gasteiger partial charge on any atom is -0.361 e. The molecule has 2 aliphatic rings. The zero-order valence-electron chi connectivity index (χ0n) is 19.5. The van der Waals surface area contributed by atoms with E-state index in [4.69, 9.17) is 0 Å². The van der Waals surface area contributed by atoms with Crippen LogP contribution in [0.15, 0.2) is 72.0 Å². The first-order valence-electron chi connectivity index (χ1n) is 11.8. The molecule has 1 atom stereocenters. The number of hydrogen-bond donors (Lipinski definition) is 2. The van der Waals surface area contributed by atoms with Crippen LogP contribution in [-0.4, -0.2) is 53.6 Å². The van der Waals surface area contributed by atoms with E-state index in [2.05, 4.69) is 28.6 Å². The van der Waals surface area contributed by atoms with E-state index >= 15 is 0 Å². The van der Waals surface area contributed by atoms with Gasteiger partial charge >= 0.3 is 0 Å². The molecule has 35 heavy (non-hydrogen) atoms. The average Bonchev–Trinajstić information content (AvgIpc) is 3.30. The van der Waals surface area contributed by atoms with E-state index in [-0.39, 0.29) is 17.2 Å². The van der Waals surface area contributed by atoms with Crippen LogP contribution in [-0.2, 0) is 19.6 Å². The third-order valence-electron chi connectivity index (χ3n) is 6.93. The Balaban J connectivity index is 1.28.